The average molecular weight is 218 g/mol. The van der Waals surface area contributed by atoms with Gasteiger partial charge in [-0.05, 0) is 24.6 Å². The van der Waals surface area contributed by atoms with E-state index in [2.05, 4.69) is 16.5 Å². The summed E-state index contributed by atoms with van der Waals surface area (Å²) in [5.74, 6) is -0.600. The summed E-state index contributed by atoms with van der Waals surface area (Å²) in [7, 11) is 0. The molecule has 0 spiro atoms. The molecule has 0 aliphatic rings. The molecule has 0 unspecified atom stereocenters. The Bertz CT molecular complexity index is 449. The maximum Gasteiger partial charge on any atom is 0.150 e. The topological polar surface area (TPSA) is 42.9 Å². The lowest BCUT2D eigenvalue weighted by molar-refractivity contribution is -0.104. The molecule has 0 radical (unpaired) electrons. The van der Waals surface area contributed by atoms with Crippen LogP contribution in [0.4, 0.5) is 4.39 Å². The van der Waals surface area contributed by atoms with E-state index >= 15 is 0 Å². The van der Waals surface area contributed by atoms with Crippen LogP contribution in [0.5, 0.6) is 0 Å². The van der Waals surface area contributed by atoms with E-state index in [0.29, 0.717) is 17.4 Å². The van der Waals surface area contributed by atoms with E-state index in [0.717, 1.165) is 11.6 Å². The van der Waals surface area contributed by atoms with Gasteiger partial charge in [-0.3, -0.25) is 4.79 Å². The fraction of sp³-hybridized carbons (Fsp3) is 0.0833. The zero-order chi connectivity index (χ0) is 12.0. The van der Waals surface area contributed by atoms with E-state index in [1.807, 2.05) is 0 Å². The Morgan fingerprint density at radius 2 is 2.00 bits per heavy atom. The molecule has 0 aliphatic carbocycles. The highest BCUT2D eigenvalue weighted by Crippen LogP contribution is 2.16. The zero-order valence-corrected chi connectivity index (χ0v) is 8.85. The second kappa shape index (κ2) is 5.70. The van der Waals surface area contributed by atoms with Gasteiger partial charge in [0.2, 0.25) is 0 Å². The van der Waals surface area contributed by atoms with E-state index in [9.17, 15) is 9.18 Å². The third-order valence-corrected chi connectivity index (χ3v) is 2.00. The number of hydrogen-bond acceptors (Lipinski definition) is 3. The van der Waals surface area contributed by atoms with Gasteiger partial charge in [-0.15, -0.1) is 0 Å². The van der Waals surface area contributed by atoms with Gasteiger partial charge >= 0.3 is 0 Å². The van der Waals surface area contributed by atoms with Crippen LogP contribution in [0.25, 0.3) is 5.57 Å². The minimum absolute atomic E-state index is 0.369. The fourth-order valence-electron chi connectivity index (χ4n) is 1.09. The van der Waals surface area contributed by atoms with Gasteiger partial charge in [0.1, 0.15) is 18.4 Å². The highest BCUT2D eigenvalue weighted by Gasteiger charge is 2.01. The number of carbonyl (C=O) groups excluding carboxylic acids is 1. The Kier molecular flexibility index (Phi) is 4.27. The van der Waals surface area contributed by atoms with Crippen LogP contribution in [0.2, 0.25) is 0 Å². The van der Waals surface area contributed by atoms with Gasteiger partial charge in [0.05, 0.1) is 0 Å². The van der Waals surface area contributed by atoms with Gasteiger partial charge < -0.3 is 0 Å². The van der Waals surface area contributed by atoms with Gasteiger partial charge in [0.25, 0.3) is 0 Å². The monoisotopic (exact) mass is 218 g/mol. The number of aromatic nitrogens is 2. The summed E-state index contributed by atoms with van der Waals surface area (Å²) in [5, 5.41) is 0. The van der Waals surface area contributed by atoms with Crippen molar-refractivity contribution in [3.63, 3.8) is 0 Å². The van der Waals surface area contributed by atoms with Crippen LogP contribution in [0.3, 0.4) is 0 Å². The summed E-state index contributed by atoms with van der Waals surface area (Å²) in [6.45, 7) is 4.82. The van der Waals surface area contributed by atoms with Gasteiger partial charge in [0, 0.05) is 23.5 Å². The summed E-state index contributed by atoms with van der Waals surface area (Å²) in [6, 6.07) is 0. The van der Waals surface area contributed by atoms with E-state index in [4.69, 9.17) is 0 Å². The maximum absolute atomic E-state index is 12.4. The molecule has 0 amide bonds. The first-order valence-corrected chi connectivity index (χ1v) is 4.59. The first-order chi connectivity index (χ1) is 7.65. The minimum Gasteiger partial charge on any atom is -0.298 e. The molecule has 0 N–H and O–H groups in total. The van der Waals surface area contributed by atoms with Crippen molar-refractivity contribution in [1.82, 2.24) is 9.97 Å². The van der Waals surface area contributed by atoms with Gasteiger partial charge in [0.15, 0.2) is 0 Å². The molecule has 0 atom stereocenters. The second-order valence-corrected chi connectivity index (χ2v) is 3.11. The minimum atomic E-state index is -0.600. The van der Waals surface area contributed by atoms with Crippen LogP contribution in [-0.2, 0) is 4.79 Å². The van der Waals surface area contributed by atoms with Crippen LogP contribution < -0.4 is 0 Å². The van der Waals surface area contributed by atoms with Crippen molar-refractivity contribution in [2.45, 2.75) is 6.92 Å². The molecule has 1 aromatic rings. The van der Waals surface area contributed by atoms with E-state index < -0.39 is 5.83 Å². The van der Waals surface area contributed by atoms with Crippen LogP contribution in [-0.4, -0.2) is 16.3 Å². The number of allylic oxidation sites excluding steroid dienone is 5. The third kappa shape index (κ3) is 3.24. The highest BCUT2D eigenvalue weighted by molar-refractivity contribution is 5.90. The summed E-state index contributed by atoms with van der Waals surface area (Å²) >= 11 is 0. The van der Waals surface area contributed by atoms with Crippen LogP contribution in [0.1, 0.15) is 12.5 Å². The average Bonchev–Trinajstić information content (AvgIpc) is 2.30. The molecule has 0 fully saturated rings. The fourth-order valence-corrected chi connectivity index (χ4v) is 1.09. The van der Waals surface area contributed by atoms with Crippen LogP contribution in [0, 0.1) is 0 Å². The standard InChI is InChI=1S/C12H11FN2O/c1-9(13)3-4-11(7-16)10(2)12-5-14-8-15-6-12/h3-8H,1H2,2H3/b4-3-,11-10-. The molecule has 1 rings (SSSR count). The van der Waals surface area contributed by atoms with Gasteiger partial charge in [-0.2, -0.15) is 0 Å². The van der Waals surface area contributed by atoms with Crippen LogP contribution in [0.15, 0.2) is 48.9 Å². The molecule has 16 heavy (non-hydrogen) atoms. The molecule has 0 saturated heterocycles. The Balaban J connectivity index is 3.10. The molecular formula is C12H11FN2O. The second-order valence-electron chi connectivity index (χ2n) is 3.11. The Morgan fingerprint density at radius 3 is 2.50 bits per heavy atom. The third-order valence-electron chi connectivity index (χ3n) is 2.00. The van der Waals surface area contributed by atoms with Gasteiger partial charge in [-0.1, -0.05) is 6.58 Å². The first kappa shape index (κ1) is 12.0. The quantitative estimate of drug-likeness (QED) is 0.443. The number of hydrogen-bond donors (Lipinski definition) is 0. The lowest BCUT2D eigenvalue weighted by Crippen LogP contribution is -1.90. The summed E-state index contributed by atoms with van der Waals surface area (Å²) < 4.78 is 12.4. The number of halogens is 1. The van der Waals surface area contributed by atoms with Crippen molar-refractivity contribution >= 4 is 11.9 Å². The number of rotatable bonds is 4. The zero-order valence-electron chi connectivity index (χ0n) is 8.85. The van der Waals surface area contributed by atoms with Crippen molar-refractivity contribution < 1.29 is 9.18 Å². The Morgan fingerprint density at radius 1 is 1.38 bits per heavy atom. The van der Waals surface area contributed by atoms with Gasteiger partial charge in [-0.25, -0.2) is 14.4 Å². The number of aldehydes is 1. The SMILES string of the molecule is C=C(F)/C=C\C(C=O)=C(/C)c1cncnc1. The van der Waals surface area contributed by atoms with Crippen LogP contribution >= 0.6 is 0 Å². The number of nitrogens with zero attached hydrogens (tertiary/aromatic N) is 2. The summed E-state index contributed by atoms with van der Waals surface area (Å²) in [5.41, 5.74) is 1.78. The first-order valence-electron chi connectivity index (χ1n) is 4.59. The molecule has 82 valence electrons. The molecule has 0 aromatic carbocycles. The molecule has 0 aliphatic heterocycles. The van der Waals surface area contributed by atoms with E-state index in [1.54, 1.807) is 19.3 Å². The molecule has 0 saturated carbocycles. The smallest absolute Gasteiger partial charge is 0.150 e. The van der Waals surface area contributed by atoms with Crippen molar-refractivity contribution in [3.8, 4) is 0 Å². The molecule has 3 nitrogen and oxygen atoms in total. The molecule has 4 heteroatoms. The van der Waals surface area contributed by atoms with E-state index in [-0.39, 0.29) is 0 Å². The molecular weight excluding hydrogens is 207 g/mol. The highest BCUT2D eigenvalue weighted by atomic mass is 19.1. The lowest BCUT2D eigenvalue weighted by Gasteiger charge is -2.01. The number of carbonyl (C=O) groups is 1. The molecule has 0 bridgehead atoms. The summed E-state index contributed by atoms with van der Waals surface area (Å²) in [6.07, 6.45) is 7.74. The van der Waals surface area contributed by atoms with Crippen molar-refractivity contribution in [2.75, 3.05) is 0 Å². The normalized spacial score (nSPS) is 12.4. The maximum atomic E-state index is 12.4. The van der Waals surface area contributed by atoms with E-state index in [1.165, 1.54) is 12.4 Å². The summed E-state index contributed by atoms with van der Waals surface area (Å²) in [4.78, 5) is 18.5. The predicted molar refractivity (Wildman–Crippen MR) is 60.1 cm³/mol. The molecule has 1 heterocycles. The Hall–Kier alpha value is -2.10. The lowest BCUT2D eigenvalue weighted by atomic mass is 10.0. The largest absolute Gasteiger partial charge is 0.298 e. The Labute approximate surface area is 93.0 Å². The van der Waals surface area contributed by atoms with Crippen molar-refractivity contribution in [3.05, 3.63) is 54.4 Å². The predicted octanol–water partition coefficient (Wildman–Crippen LogP) is 2.49. The van der Waals surface area contributed by atoms with Crippen molar-refractivity contribution in [2.24, 2.45) is 0 Å². The van der Waals surface area contributed by atoms with Crippen molar-refractivity contribution in [1.29, 1.82) is 0 Å². The molecule has 1 aromatic heterocycles.